The van der Waals surface area contributed by atoms with E-state index in [1.807, 2.05) is 0 Å². The Hall–Kier alpha value is -1.24. The van der Waals surface area contributed by atoms with Gasteiger partial charge in [-0.1, -0.05) is 38.1 Å². The molecule has 1 aromatic carbocycles. The predicted octanol–water partition coefficient (Wildman–Crippen LogP) is 1.34. The highest BCUT2D eigenvalue weighted by molar-refractivity contribution is 5.63. The highest BCUT2D eigenvalue weighted by Gasteiger charge is 2.10. The monoisotopic (exact) mass is 172 g/mol. The molecule has 1 aromatic rings. The summed E-state index contributed by atoms with van der Waals surface area (Å²) in [7, 11) is 0. The Morgan fingerprint density at radius 1 is 0.923 bits per heavy atom. The van der Waals surface area contributed by atoms with Crippen LogP contribution in [-0.4, -0.2) is 0 Å². The van der Waals surface area contributed by atoms with Crippen LogP contribution >= 0.6 is 0 Å². The molecule has 0 aliphatic carbocycles. The van der Waals surface area contributed by atoms with Crippen molar-refractivity contribution in [2.24, 2.45) is 0 Å². The summed E-state index contributed by atoms with van der Waals surface area (Å²) in [6.07, 6.45) is 2.06. The van der Waals surface area contributed by atoms with Gasteiger partial charge < -0.3 is 0 Å². The van der Waals surface area contributed by atoms with Crippen LogP contribution in [0.3, 0.4) is 0 Å². The Bertz CT molecular complexity index is 388. The molecule has 1 aliphatic heterocycles. The summed E-state index contributed by atoms with van der Waals surface area (Å²) in [5.41, 5.74) is 2.49. The summed E-state index contributed by atoms with van der Waals surface area (Å²) in [5, 5.41) is 7.30. The van der Waals surface area contributed by atoms with Gasteiger partial charge in [0.2, 0.25) is 0 Å². The third-order valence-corrected chi connectivity index (χ3v) is 2.49. The van der Waals surface area contributed by atoms with Crippen molar-refractivity contribution in [2.75, 3.05) is 0 Å². The van der Waals surface area contributed by atoms with Gasteiger partial charge in [0.25, 0.3) is 0 Å². The van der Waals surface area contributed by atoms with Crippen LogP contribution in [0.2, 0.25) is 0 Å². The molecule has 13 heavy (non-hydrogen) atoms. The van der Waals surface area contributed by atoms with E-state index in [4.69, 9.17) is 0 Å². The normalized spacial score (nSPS) is 14.3. The zero-order valence-electron chi connectivity index (χ0n) is 8.17. The number of fused-ring (bicyclic) bond motifs is 1. The Morgan fingerprint density at radius 3 is 1.77 bits per heavy atom. The molecule has 67 valence electrons. The number of hydrogen-bond acceptors (Lipinski definition) is 0. The van der Waals surface area contributed by atoms with Gasteiger partial charge in [0, 0.05) is 21.8 Å². The maximum absolute atomic E-state index is 4.63. The molecule has 0 aromatic heterocycles. The molecule has 0 unspecified atom stereocenters. The average molecular weight is 172 g/mol. The summed E-state index contributed by atoms with van der Waals surface area (Å²) >= 11 is 0. The molecule has 0 fully saturated rings. The van der Waals surface area contributed by atoms with Gasteiger partial charge in [-0.05, 0) is 12.8 Å². The first kappa shape index (κ1) is 8.36. The minimum atomic E-state index is 1.03. The van der Waals surface area contributed by atoms with Gasteiger partial charge in [-0.25, -0.2) is 0 Å². The molecule has 0 N–H and O–H groups in total. The van der Waals surface area contributed by atoms with Crippen molar-refractivity contribution in [3.8, 4) is 0 Å². The second kappa shape index (κ2) is 3.25. The van der Waals surface area contributed by atoms with E-state index in [1.54, 1.807) is 0 Å². The van der Waals surface area contributed by atoms with E-state index in [-0.39, 0.29) is 0 Å². The Balaban J connectivity index is 2.76. The van der Waals surface area contributed by atoms with Crippen LogP contribution in [0.5, 0.6) is 0 Å². The van der Waals surface area contributed by atoms with Gasteiger partial charge >= 0.3 is 0 Å². The molecule has 0 saturated carbocycles. The fourth-order valence-corrected chi connectivity index (χ4v) is 1.81. The molecular formula is C12H14N. The SMILES string of the molecule is CCC1=c2ccccc2=C(CC)[N]1. The maximum Gasteiger partial charge on any atom is 0.0483 e. The van der Waals surface area contributed by atoms with Crippen molar-refractivity contribution >= 4 is 11.4 Å². The van der Waals surface area contributed by atoms with Crippen molar-refractivity contribution < 1.29 is 0 Å². The summed E-state index contributed by atoms with van der Waals surface area (Å²) in [6, 6.07) is 8.51. The molecule has 0 saturated heterocycles. The fourth-order valence-electron chi connectivity index (χ4n) is 1.81. The van der Waals surface area contributed by atoms with Gasteiger partial charge in [0.1, 0.15) is 0 Å². The molecule has 1 heteroatoms. The molecule has 1 nitrogen and oxygen atoms in total. The Kier molecular flexibility index (Phi) is 2.09. The molecular weight excluding hydrogens is 158 g/mol. The maximum atomic E-state index is 4.63. The van der Waals surface area contributed by atoms with E-state index in [0.717, 1.165) is 12.8 Å². The molecule has 1 radical (unpaired) electrons. The van der Waals surface area contributed by atoms with Crippen molar-refractivity contribution in [1.82, 2.24) is 5.32 Å². The highest BCUT2D eigenvalue weighted by Crippen LogP contribution is 2.08. The number of rotatable bonds is 2. The van der Waals surface area contributed by atoms with Crippen LogP contribution in [0.4, 0.5) is 0 Å². The number of hydrogen-bond donors (Lipinski definition) is 0. The largest absolute Gasteiger partial charge is 0.257 e. The first-order valence-corrected chi connectivity index (χ1v) is 4.90. The fraction of sp³-hybridized carbons (Fsp3) is 0.333. The third-order valence-electron chi connectivity index (χ3n) is 2.49. The first-order chi connectivity index (χ1) is 6.36. The van der Waals surface area contributed by atoms with Gasteiger partial charge in [0.05, 0.1) is 0 Å². The highest BCUT2D eigenvalue weighted by atomic mass is 14.9. The van der Waals surface area contributed by atoms with E-state index < -0.39 is 0 Å². The first-order valence-electron chi connectivity index (χ1n) is 4.90. The second-order valence-corrected chi connectivity index (χ2v) is 3.26. The lowest BCUT2D eigenvalue weighted by Gasteiger charge is -1.99. The van der Waals surface area contributed by atoms with Crippen LogP contribution in [-0.2, 0) is 0 Å². The molecule has 0 atom stereocenters. The summed E-state index contributed by atoms with van der Waals surface area (Å²) in [4.78, 5) is 0. The van der Waals surface area contributed by atoms with Gasteiger partial charge in [-0.3, -0.25) is 5.32 Å². The Morgan fingerprint density at radius 2 is 1.38 bits per heavy atom. The molecule has 1 heterocycles. The summed E-state index contributed by atoms with van der Waals surface area (Å²) < 4.78 is 0. The van der Waals surface area contributed by atoms with E-state index in [9.17, 15) is 0 Å². The van der Waals surface area contributed by atoms with Crippen LogP contribution in [0.15, 0.2) is 24.3 Å². The van der Waals surface area contributed by atoms with E-state index in [2.05, 4.69) is 43.4 Å². The summed E-state index contributed by atoms with van der Waals surface area (Å²) in [5.74, 6) is 0. The minimum absolute atomic E-state index is 1.03. The standard InChI is InChI=1S/C12H14N/c1-3-11-9-7-5-6-8-10(9)12(4-2)13-11/h5-8H,3-4H2,1-2H3. The lowest BCUT2D eigenvalue weighted by molar-refractivity contribution is 1.03. The molecule has 2 rings (SSSR count). The number of benzene rings is 1. The smallest absolute Gasteiger partial charge is 0.0483 e. The molecule has 1 aliphatic rings. The van der Waals surface area contributed by atoms with Gasteiger partial charge in [0.15, 0.2) is 0 Å². The van der Waals surface area contributed by atoms with Crippen molar-refractivity contribution in [2.45, 2.75) is 26.7 Å². The topological polar surface area (TPSA) is 14.1 Å². The van der Waals surface area contributed by atoms with Crippen LogP contribution < -0.4 is 15.8 Å². The quantitative estimate of drug-likeness (QED) is 0.639. The van der Waals surface area contributed by atoms with E-state index >= 15 is 0 Å². The predicted molar refractivity (Wildman–Crippen MR) is 55.2 cm³/mol. The zero-order chi connectivity index (χ0) is 9.26. The van der Waals surface area contributed by atoms with Gasteiger partial charge in [-0.2, -0.15) is 0 Å². The lowest BCUT2D eigenvalue weighted by atomic mass is 10.2. The van der Waals surface area contributed by atoms with Crippen molar-refractivity contribution in [3.63, 3.8) is 0 Å². The molecule has 0 bridgehead atoms. The van der Waals surface area contributed by atoms with Crippen molar-refractivity contribution in [1.29, 1.82) is 0 Å². The zero-order valence-corrected chi connectivity index (χ0v) is 8.17. The summed E-state index contributed by atoms with van der Waals surface area (Å²) in [6.45, 7) is 4.32. The lowest BCUT2D eigenvalue weighted by Crippen LogP contribution is -2.23. The van der Waals surface area contributed by atoms with Crippen LogP contribution in [0, 0.1) is 0 Å². The van der Waals surface area contributed by atoms with Crippen molar-refractivity contribution in [3.05, 3.63) is 34.7 Å². The van der Waals surface area contributed by atoms with Crippen LogP contribution in [0.1, 0.15) is 26.7 Å². The number of nitrogens with zero attached hydrogens (tertiary/aromatic N) is 1. The second-order valence-electron chi connectivity index (χ2n) is 3.26. The molecule has 0 spiro atoms. The average Bonchev–Trinajstić information content (AvgIpc) is 2.56. The van der Waals surface area contributed by atoms with E-state index in [0.29, 0.717) is 0 Å². The Labute approximate surface area is 78.8 Å². The van der Waals surface area contributed by atoms with Gasteiger partial charge in [-0.15, -0.1) is 0 Å². The third kappa shape index (κ3) is 1.24. The minimum Gasteiger partial charge on any atom is -0.257 e. The van der Waals surface area contributed by atoms with Crippen LogP contribution in [0.25, 0.3) is 11.4 Å². The van der Waals surface area contributed by atoms with E-state index in [1.165, 1.54) is 21.8 Å². The molecule has 0 amide bonds.